The number of nitrogens with one attached hydrogen (secondary N) is 1. The molecule has 74 valence electrons. The SMILES string of the molecule is c1ccc2c(c1)CC(C1CCN1)CO2. The summed E-state index contributed by atoms with van der Waals surface area (Å²) in [6, 6.07) is 9.09. The smallest absolute Gasteiger partial charge is 0.122 e. The van der Waals surface area contributed by atoms with Crippen LogP contribution >= 0.6 is 0 Å². The Morgan fingerprint density at radius 1 is 1.29 bits per heavy atom. The monoisotopic (exact) mass is 189 g/mol. The van der Waals surface area contributed by atoms with Gasteiger partial charge in [0, 0.05) is 12.0 Å². The molecule has 0 aromatic heterocycles. The van der Waals surface area contributed by atoms with E-state index < -0.39 is 0 Å². The second kappa shape index (κ2) is 3.28. The van der Waals surface area contributed by atoms with Crippen LogP contribution in [0, 0.1) is 5.92 Å². The van der Waals surface area contributed by atoms with Crippen molar-refractivity contribution in [2.75, 3.05) is 13.2 Å². The Bertz CT molecular complexity index is 333. The van der Waals surface area contributed by atoms with Crippen LogP contribution in [0.25, 0.3) is 0 Å². The van der Waals surface area contributed by atoms with E-state index in [0.717, 1.165) is 12.4 Å². The fourth-order valence-corrected chi connectivity index (χ4v) is 2.32. The summed E-state index contributed by atoms with van der Waals surface area (Å²) in [4.78, 5) is 0. The standard InChI is InChI=1S/C12H15NO/c1-2-4-12-9(3-1)7-10(8-14-12)11-5-6-13-11/h1-4,10-11,13H,5-8H2. The summed E-state index contributed by atoms with van der Waals surface area (Å²) in [5.41, 5.74) is 1.37. The van der Waals surface area contributed by atoms with Gasteiger partial charge >= 0.3 is 0 Å². The van der Waals surface area contributed by atoms with E-state index in [9.17, 15) is 0 Å². The molecule has 2 atom stereocenters. The molecule has 1 saturated heterocycles. The highest BCUT2D eigenvalue weighted by atomic mass is 16.5. The largest absolute Gasteiger partial charge is 0.493 e. The molecule has 1 aromatic rings. The van der Waals surface area contributed by atoms with Gasteiger partial charge in [-0.15, -0.1) is 0 Å². The van der Waals surface area contributed by atoms with Crippen molar-refractivity contribution in [1.29, 1.82) is 0 Å². The van der Waals surface area contributed by atoms with Crippen molar-refractivity contribution in [2.24, 2.45) is 5.92 Å². The van der Waals surface area contributed by atoms with E-state index in [4.69, 9.17) is 4.74 Å². The Hall–Kier alpha value is -1.02. The molecule has 2 aliphatic rings. The quantitative estimate of drug-likeness (QED) is 0.724. The van der Waals surface area contributed by atoms with Crippen LogP contribution in [0.3, 0.4) is 0 Å². The molecule has 2 aliphatic heterocycles. The third-order valence-corrected chi connectivity index (χ3v) is 3.34. The minimum atomic E-state index is 0.679. The average molecular weight is 189 g/mol. The minimum Gasteiger partial charge on any atom is -0.493 e. The van der Waals surface area contributed by atoms with Gasteiger partial charge in [-0.1, -0.05) is 18.2 Å². The van der Waals surface area contributed by atoms with Crippen LogP contribution in [-0.4, -0.2) is 19.2 Å². The molecule has 2 heterocycles. The van der Waals surface area contributed by atoms with Gasteiger partial charge in [-0.3, -0.25) is 0 Å². The molecule has 0 bridgehead atoms. The zero-order valence-electron chi connectivity index (χ0n) is 8.20. The summed E-state index contributed by atoms with van der Waals surface area (Å²) in [7, 11) is 0. The van der Waals surface area contributed by atoms with Gasteiger partial charge in [-0.05, 0) is 31.0 Å². The molecule has 0 spiro atoms. The van der Waals surface area contributed by atoms with Crippen molar-refractivity contribution >= 4 is 0 Å². The topological polar surface area (TPSA) is 21.3 Å². The molecule has 0 saturated carbocycles. The van der Waals surface area contributed by atoms with Crippen molar-refractivity contribution in [1.82, 2.24) is 5.32 Å². The zero-order chi connectivity index (χ0) is 9.38. The maximum absolute atomic E-state index is 5.75. The highest BCUT2D eigenvalue weighted by Crippen LogP contribution is 2.30. The van der Waals surface area contributed by atoms with Crippen LogP contribution in [0.1, 0.15) is 12.0 Å². The first-order valence-corrected chi connectivity index (χ1v) is 5.37. The molecule has 2 heteroatoms. The Balaban J connectivity index is 1.79. The van der Waals surface area contributed by atoms with E-state index in [2.05, 4.69) is 23.5 Å². The maximum atomic E-state index is 5.75. The zero-order valence-corrected chi connectivity index (χ0v) is 8.20. The fourth-order valence-electron chi connectivity index (χ4n) is 2.32. The lowest BCUT2D eigenvalue weighted by atomic mass is 9.85. The maximum Gasteiger partial charge on any atom is 0.122 e. The lowest BCUT2D eigenvalue weighted by molar-refractivity contribution is 0.152. The van der Waals surface area contributed by atoms with E-state index in [1.54, 1.807) is 0 Å². The van der Waals surface area contributed by atoms with Gasteiger partial charge in [0.1, 0.15) is 5.75 Å². The van der Waals surface area contributed by atoms with Gasteiger partial charge < -0.3 is 10.1 Å². The Kier molecular flexibility index (Phi) is 1.95. The van der Waals surface area contributed by atoms with Crippen LogP contribution in [0.15, 0.2) is 24.3 Å². The van der Waals surface area contributed by atoms with E-state index in [1.807, 2.05) is 6.07 Å². The van der Waals surface area contributed by atoms with E-state index >= 15 is 0 Å². The third kappa shape index (κ3) is 1.30. The van der Waals surface area contributed by atoms with Gasteiger partial charge in [0.25, 0.3) is 0 Å². The summed E-state index contributed by atoms with van der Waals surface area (Å²) in [6.45, 7) is 2.07. The number of hydrogen-bond acceptors (Lipinski definition) is 2. The van der Waals surface area contributed by atoms with Crippen molar-refractivity contribution in [3.8, 4) is 5.75 Å². The van der Waals surface area contributed by atoms with Gasteiger partial charge in [-0.25, -0.2) is 0 Å². The molecule has 1 aromatic carbocycles. The predicted octanol–water partition coefficient (Wildman–Crippen LogP) is 1.60. The first kappa shape index (κ1) is 8.30. The molecular formula is C12H15NO. The minimum absolute atomic E-state index is 0.679. The summed E-state index contributed by atoms with van der Waals surface area (Å²) >= 11 is 0. The molecule has 3 rings (SSSR count). The number of rotatable bonds is 1. The van der Waals surface area contributed by atoms with Crippen LogP contribution in [0.5, 0.6) is 5.75 Å². The van der Waals surface area contributed by atoms with Crippen molar-refractivity contribution in [3.63, 3.8) is 0 Å². The van der Waals surface area contributed by atoms with Gasteiger partial charge in [0.05, 0.1) is 6.61 Å². The molecule has 1 fully saturated rings. The Labute approximate surface area is 84.3 Å². The number of hydrogen-bond donors (Lipinski definition) is 1. The van der Waals surface area contributed by atoms with Gasteiger partial charge in [0.2, 0.25) is 0 Å². The summed E-state index contributed by atoms with van der Waals surface area (Å²) in [6.07, 6.45) is 2.49. The molecule has 2 nitrogen and oxygen atoms in total. The Morgan fingerprint density at radius 3 is 2.93 bits per heavy atom. The van der Waals surface area contributed by atoms with Crippen LogP contribution in [0.2, 0.25) is 0 Å². The van der Waals surface area contributed by atoms with E-state index in [0.29, 0.717) is 12.0 Å². The predicted molar refractivity (Wildman–Crippen MR) is 55.5 cm³/mol. The number of benzene rings is 1. The molecule has 1 N–H and O–H groups in total. The summed E-state index contributed by atoms with van der Waals surface area (Å²) in [5, 5.41) is 3.47. The fraction of sp³-hybridized carbons (Fsp3) is 0.500. The molecular weight excluding hydrogens is 174 g/mol. The molecule has 2 unspecified atom stereocenters. The first-order chi connectivity index (χ1) is 6.93. The number of para-hydroxylation sites is 1. The van der Waals surface area contributed by atoms with E-state index in [1.165, 1.54) is 24.9 Å². The summed E-state index contributed by atoms with van der Waals surface area (Å²) in [5.74, 6) is 1.77. The second-order valence-electron chi connectivity index (χ2n) is 4.23. The van der Waals surface area contributed by atoms with Crippen molar-refractivity contribution in [2.45, 2.75) is 18.9 Å². The van der Waals surface area contributed by atoms with Crippen LogP contribution in [0.4, 0.5) is 0 Å². The number of ether oxygens (including phenoxy) is 1. The van der Waals surface area contributed by atoms with Gasteiger partial charge in [0.15, 0.2) is 0 Å². The van der Waals surface area contributed by atoms with Crippen LogP contribution in [-0.2, 0) is 6.42 Å². The molecule has 0 radical (unpaired) electrons. The van der Waals surface area contributed by atoms with Gasteiger partial charge in [-0.2, -0.15) is 0 Å². The second-order valence-corrected chi connectivity index (χ2v) is 4.23. The van der Waals surface area contributed by atoms with E-state index in [-0.39, 0.29) is 0 Å². The average Bonchev–Trinajstić information content (AvgIpc) is 2.15. The highest BCUT2D eigenvalue weighted by molar-refractivity contribution is 5.35. The number of fused-ring (bicyclic) bond motifs is 1. The molecule has 0 amide bonds. The van der Waals surface area contributed by atoms with Crippen LogP contribution < -0.4 is 10.1 Å². The summed E-state index contributed by atoms with van der Waals surface area (Å²) < 4.78 is 5.75. The normalized spacial score (nSPS) is 30.0. The lowest BCUT2D eigenvalue weighted by Gasteiger charge is -2.37. The first-order valence-electron chi connectivity index (χ1n) is 5.37. The van der Waals surface area contributed by atoms with Crippen molar-refractivity contribution in [3.05, 3.63) is 29.8 Å². The molecule has 0 aliphatic carbocycles. The highest BCUT2D eigenvalue weighted by Gasteiger charge is 2.30. The third-order valence-electron chi connectivity index (χ3n) is 3.34. The molecule has 14 heavy (non-hydrogen) atoms. The lowest BCUT2D eigenvalue weighted by Crippen LogP contribution is -2.51. The Morgan fingerprint density at radius 2 is 2.14 bits per heavy atom. The van der Waals surface area contributed by atoms with Crippen molar-refractivity contribution < 1.29 is 4.74 Å².